The van der Waals surface area contributed by atoms with Crippen LogP contribution in [0, 0.1) is 17.5 Å². The summed E-state index contributed by atoms with van der Waals surface area (Å²) in [7, 11) is 0. The van der Waals surface area contributed by atoms with E-state index in [1.54, 1.807) is 24.3 Å². The number of carbonyl (C=O) groups excluding carboxylic acids is 3. The summed E-state index contributed by atoms with van der Waals surface area (Å²) in [6.07, 6.45) is 2.22. The summed E-state index contributed by atoms with van der Waals surface area (Å²) < 4.78 is 45.9. The van der Waals surface area contributed by atoms with Crippen LogP contribution < -0.4 is 10.1 Å². The number of hydrogen-bond donors (Lipinski definition) is 1. The predicted octanol–water partition coefficient (Wildman–Crippen LogP) is 4.96. The van der Waals surface area contributed by atoms with Crippen LogP contribution in [-0.4, -0.2) is 34.6 Å². The first kappa shape index (κ1) is 23.4. The molecular weight excluding hydrogens is 445 g/mol. The molecule has 0 unspecified atom stereocenters. The number of nitrogens with zero attached hydrogens (tertiary/aromatic N) is 1. The van der Waals surface area contributed by atoms with Crippen molar-refractivity contribution in [3.8, 4) is 5.75 Å². The lowest BCUT2D eigenvalue weighted by atomic mass is 10.1. The van der Waals surface area contributed by atoms with Gasteiger partial charge in [-0.15, -0.1) is 0 Å². The van der Waals surface area contributed by atoms with E-state index in [0.29, 0.717) is 34.0 Å². The molecule has 3 amide bonds. The second kappa shape index (κ2) is 9.90. The topological polar surface area (TPSA) is 75.7 Å². The Kier molecular flexibility index (Phi) is 7.24. The minimum atomic E-state index is -1.74. The molecule has 168 valence electrons. The first-order valence-electron chi connectivity index (χ1n) is 9.65. The van der Waals surface area contributed by atoms with E-state index in [2.05, 4.69) is 0 Å². The number of amides is 3. The molecule has 0 aliphatic carbocycles. The Morgan fingerprint density at radius 1 is 1.16 bits per heavy atom. The number of thioether (sulfide) groups is 1. The van der Waals surface area contributed by atoms with Crippen molar-refractivity contribution < 1.29 is 32.3 Å². The van der Waals surface area contributed by atoms with Crippen molar-refractivity contribution in [2.45, 2.75) is 26.4 Å². The highest BCUT2D eigenvalue weighted by Gasteiger charge is 2.36. The summed E-state index contributed by atoms with van der Waals surface area (Å²) in [4.78, 5) is 37.9. The molecule has 0 aromatic heterocycles. The summed E-state index contributed by atoms with van der Waals surface area (Å²) >= 11 is 0.645. The minimum absolute atomic E-state index is 0.0556. The average molecular weight is 464 g/mol. The van der Waals surface area contributed by atoms with E-state index in [0.717, 1.165) is 12.5 Å². The molecule has 0 saturated carbocycles. The molecule has 2 aromatic rings. The van der Waals surface area contributed by atoms with Gasteiger partial charge in [-0.05, 0) is 49.4 Å². The molecule has 1 N–H and O–H groups in total. The third-order valence-corrected chi connectivity index (χ3v) is 5.50. The Morgan fingerprint density at radius 2 is 1.88 bits per heavy atom. The summed E-state index contributed by atoms with van der Waals surface area (Å²) in [6.45, 7) is 3.15. The predicted molar refractivity (Wildman–Crippen MR) is 114 cm³/mol. The average Bonchev–Trinajstić information content (AvgIpc) is 3.02. The molecule has 0 bridgehead atoms. The van der Waals surface area contributed by atoms with Crippen molar-refractivity contribution in [1.82, 2.24) is 4.90 Å². The number of halogens is 3. The Balaban J connectivity index is 1.74. The van der Waals surface area contributed by atoms with Gasteiger partial charge in [0.1, 0.15) is 12.3 Å². The molecule has 1 heterocycles. The van der Waals surface area contributed by atoms with Crippen LogP contribution in [0.1, 0.15) is 25.8 Å². The number of hydrogen-bond acceptors (Lipinski definition) is 5. The summed E-state index contributed by atoms with van der Waals surface area (Å²) in [6, 6.07) is 8.49. The monoisotopic (exact) mass is 464 g/mol. The fourth-order valence-corrected chi connectivity index (χ4v) is 3.57. The first-order valence-corrected chi connectivity index (χ1v) is 10.5. The second-order valence-electron chi connectivity index (χ2n) is 6.91. The molecule has 2 aromatic carbocycles. The Hall–Kier alpha value is -3.27. The van der Waals surface area contributed by atoms with Gasteiger partial charge in [-0.2, -0.15) is 0 Å². The zero-order valence-corrected chi connectivity index (χ0v) is 18.0. The highest BCUT2D eigenvalue weighted by Crippen LogP contribution is 2.34. The lowest BCUT2D eigenvalue weighted by Crippen LogP contribution is -2.36. The Morgan fingerprint density at radius 3 is 2.59 bits per heavy atom. The van der Waals surface area contributed by atoms with Crippen molar-refractivity contribution in [3.05, 3.63) is 64.3 Å². The summed E-state index contributed by atoms with van der Waals surface area (Å²) in [5.74, 6) is -5.84. The number of nitrogens with one attached hydrogen (secondary N) is 1. The van der Waals surface area contributed by atoms with Gasteiger partial charge in [0.25, 0.3) is 11.1 Å². The van der Waals surface area contributed by atoms with E-state index in [4.69, 9.17) is 4.74 Å². The number of carbonyl (C=O) groups is 3. The molecule has 1 aliphatic rings. The standard InChI is InChI=1S/C22H19F3N2O4S/c1-3-12(2)31-16-7-5-4-6-13(16)10-17-21(29)27(22(30)32-17)11-18(28)26-15-9-8-14(23)19(24)20(15)25/h4-10,12H,3,11H2,1-2H3,(H,26,28)/b17-10+/t12-/m1/s1. The van der Waals surface area contributed by atoms with Crippen LogP contribution in [-0.2, 0) is 9.59 Å². The molecule has 1 fully saturated rings. The van der Waals surface area contributed by atoms with E-state index < -0.39 is 46.7 Å². The lowest BCUT2D eigenvalue weighted by Gasteiger charge is -2.15. The van der Waals surface area contributed by atoms with Gasteiger partial charge in [0.15, 0.2) is 17.5 Å². The molecule has 0 radical (unpaired) electrons. The van der Waals surface area contributed by atoms with E-state index in [-0.39, 0.29) is 11.0 Å². The fourth-order valence-electron chi connectivity index (χ4n) is 2.74. The Labute approximate surface area is 186 Å². The van der Waals surface area contributed by atoms with E-state index in [1.165, 1.54) is 6.08 Å². The van der Waals surface area contributed by atoms with Gasteiger partial charge >= 0.3 is 0 Å². The van der Waals surface area contributed by atoms with Crippen molar-refractivity contribution in [1.29, 1.82) is 0 Å². The van der Waals surface area contributed by atoms with Gasteiger partial charge in [-0.3, -0.25) is 19.3 Å². The number of imide groups is 1. The first-order chi connectivity index (χ1) is 15.2. The third-order valence-electron chi connectivity index (χ3n) is 4.59. The molecule has 6 nitrogen and oxygen atoms in total. The third kappa shape index (κ3) is 5.13. The van der Waals surface area contributed by atoms with E-state index in [1.807, 2.05) is 19.2 Å². The van der Waals surface area contributed by atoms with Gasteiger partial charge < -0.3 is 10.1 Å². The van der Waals surface area contributed by atoms with Gasteiger partial charge in [0.2, 0.25) is 5.91 Å². The maximum atomic E-state index is 13.7. The van der Waals surface area contributed by atoms with Crippen molar-refractivity contribution in [3.63, 3.8) is 0 Å². The fraction of sp³-hybridized carbons (Fsp3) is 0.227. The maximum absolute atomic E-state index is 13.7. The molecule has 32 heavy (non-hydrogen) atoms. The van der Waals surface area contributed by atoms with Gasteiger partial charge in [0, 0.05) is 5.56 Å². The van der Waals surface area contributed by atoms with E-state index >= 15 is 0 Å². The van der Waals surface area contributed by atoms with Crippen LogP contribution in [0.5, 0.6) is 5.75 Å². The molecule has 0 spiro atoms. The zero-order valence-electron chi connectivity index (χ0n) is 17.2. The Bertz CT molecular complexity index is 1110. The van der Waals surface area contributed by atoms with Crippen LogP contribution >= 0.6 is 11.8 Å². The molecule has 10 heteroatoms. The van der Waals surface area contributed by atoms with Crippen LogP contribution in [0.25, 0.3) is 6.08 Å². The highest BCUT2D eigenvalue weighted by molar-refractivity contribution is 8.18. The molecule has 1 atom stereocenters. The maximum Gasteiger partial charge on any atom is 0.294 e. The van der Waals surface area contributed by atoms with Crippen LogP contribution in [0.3, 0.4) is 0 Å². The van der Waals surface area contributed by atoms with Crippen molar-refractivity contribution >= 4 is 40.6 Å². The second-order valence-corrected chi connectivity index (χ2v) is 7.91. The number of anilines is 1. The van der Waals surface area contributed by atoms with Gasteiger partial charge in [0.05, 0.1) is 16.7 Å². The molecule has 1 saturated heterocycles. The highest BCUT2D eigenvalue weighted by atomic mass is 32.2. The number of ether oxygens (including phenoxy) is 1. The zero-order chi connectivity index (χ0) is 23.4. The molecule has 1 aliphatic heterocycles. The minimum Gasteiger partial charge on any atom is -0.490 e. The van der Waals surface area contributed by atoms with Crippen molar-refractivity contribution in [2.24, 2.45) is 0 Å². The van der Waals surface area contributed by atoms with Crippen molar-refractivity contribution in [2.75, 3.05) is 11.9 Å². The number of para-hydroxylation sites is 1. The quantitative estimate of drug-likeness (QED) is 0.463. The SMILES string of the molecule is CC[C@@H](C)Oc1ccccc1/C=C1/SC(=O)N(CC(=O)Nc2ccc(F)c(F)c2F)C1=O. The van der Waals surface area contributed by atoms with Gasteiger partial charge in [-0.25, -0.2) is 13.2 Å². The molecule has 3 rings (SSSR count). The van der Waals surface area contributed by atoms with Gasteiger partial charge in [-0.1, -0.05) is 25.1 Å². The smallest absolute Gasteiger partial charge is 0.294 e. The number of rotatable bonds is 7. The normalized spacial score (nSPS) is 15.9. The van der Waals surface area contributed by atoms with E-state index in [9.17, 15) is 27.6 Å². The summed E-state index contributed by atoms with van der Waals surface area (Å²) in [5, 5.41) is 1.34. The van der Waals surface area contributed by atoms with Crippen LogP contribution in [0.15, 0.2) is 41.3 Å². The summed E-state index contributed by atoms with van der Waals surface area (Å²) in [5.41, 5.74) is -0.0147. The van der Waals surface area contributed by atoms with Crippen LogP contribution in [0.2, 0.25) is 0 Å². The lowest BCUT2D eigenvalue weighted by molar-refractivity contribution is -0.127. The largest absolute Gasteiger partial charge is 0.490 e. The molecular formula is C22H19F3N2O4S. The number of benzene rings is 2. The van der Waals surface area contributed by atoms with Crippen LogP contribution in [0.4, 0.5) is 23.7 Å².